The van der Waals surface area contributed by atoms with Gasteiger partial charge in [0.2, 0.25) is 10.0 Å². The lowest BCUT2D eigenvalue weighted by molar-refractivity contribution is 0.354. The molecule has 0 bridgehead atoms. The van der Waals surface area contributed by atoms with E-state index in [4.69, 9.17) is 9.47 Å². The largest absolute Gasteiger partial charge is 0.493 e. The fourth-order valence-electron chi connectivity index (χ4n) is 3.84. The third-order valence-electron chi connectivity index (χ3n) is 5.65. The second-order valence-corrected chi connectivity index (χ2v) is 10.5. The van der Waals surface area contributed by atoms with Crippen LogP contribution in [-0.2, 0) is 16.6 Å². The smallest absolute Gasteiger partial charge is 0.308 e. The van der Waals surface area contributed by atoms with Crippen molar-refractivity contribution in [1.82, 2.24) is 9.29 Å². The summed E-state index contributed by atoms with van der Waals surface area (Å²) in [7, 11) is -0.746. The summed E-state index contributed by atoms with van der Waals surface area (Å²) in [6.07, 6.45) is 0.539. The molecule has 9 heteroatoms. The number of ether oxygens (including phenoxy) is 2. The first kappa shape index (κ1) is 24.0. The van der Waals surface area contributed by atoms with E-state index in [1.807, 2.05) is 43.3 Å². The van der Waals surface area contributed by atoms with Crippen LogP contribution in [0.1, 0.15) is 30.5 Å². The maximum Gasteiger partial charge on any atom is 0.308 e. The van der Waals surface area contributed by atoms with Crippen LogP contribution in [0.25, 0.3) is 10.2 Å². The quantitative estimate of drug-likeness (QED) is 0.366. The molecule has 1 N–H and O–H groups in total. The molecule has 0 saturated heterocycles. The van der Waals surface area contributed by atoms with Crippen molar-refractivity contribution < 1.29 is 17.9 Å². The summed E-state index contributed by atoms with van der Waals surface area (Å²) in [6, 6.07) is 19.4. The first-order valence-corrected chi connectivity index (χ1v) is 13.1. The van der Waals surface area contributed by atoms with Gasteiger partial charge in [-0.05, 0) is 47.9 Å². The van der Waals surface area contributed by atoms with Gasteiger partial charge in [0.15, 0.2) is 11.5 Å². The maximum atomic E-state index is 13.2. The molecule has 1 aromatic heterocycles. The Bertz CT molecular complexity index is 1460. The molecule has 0 saturated carbocycles. The van der Waals surface area contributed by atoms with Gasteiger partial charge in [-0.2, -0.15) is 0 Å². The normalized spacial score (nSPS) is 12.6. The van der Waals surface area contributed by atoms with Gasteiger partial charge in [0.25, 0.3) is 0 Å². The Hall–Kier alpha value is -3.14. The van der Waals surface area contributed by atoms with E-state index in [-0.39, 0.29) is 9.77 Å². The van der Waals surface area contributed by atoms with Gasteiger partial charge in [0.1, 0.15) is 0 Å². The van der Waals surface area contributed by atoms with Crippen molar-refractivity contribution in [3.05, 3.63) is 87.5 Å². The molecule has 3 aromatic carbocycles. The average Bonchev–Trinajstić information content (AvgIpc) is 3.16. The van der Waals surface area contributed by atoms with Gasteiger partial charge in [-0.15, -0.1) is 0 Å². The first-order valence-electron chi connectivity index (χ1n) is 10.8. The number of rotatable bonds is 9. The molecule has 1 atom stereocenters. The number of nitrogens with zero attached hydrogens (tertiary/aromatic N) is 1. The molecule has 34 heavy (non-hydrogen) atoms. The van der Waals surface area contributed by atoms with E-state index in [1.165, 1.54) is 7.11 Å². The molecule has 0 radical (unpaired) electrons. The van der Waals surface area contributed by atoms with Crippen LogP contribution in [0.3, 0.4) is 0 Å². The Labute approximate surface area is 202 Å². The molecule has 0 aliphatic carbocycles. The van der Waals surface area contributed by atoms with E-state index in [1.54, 1.807) is 42.0 Å². The minimum Gasteiger partial charge on any atom is -0.493 e. The second-order valence-electron chi connectivity index (χ2n) is 7.77. The van der Waals surface area contributed by atoms with Crippen LogP contribution in [0.5, 0.6) is 11.5 Å². The molecule has 0 fully saturated rings. The molecule has 0 aliphatic heterocycles. The monoisotopic (exact) mass is 498 g/mol. The van der Waals surface area contributed by atoms with Crippen molar-refractivity contribution in [3.8, 4) is 11.5 Å². The number of hydrogen-bond donors (Lipinski definition) is 1. The fourth-order valence-corrected chi connectivity index (χ4v) is 6.18. The van der Waals surface area contributed by atoms with Crippen molar-refractivity contribution in [1.29, 1.82) is 0 Å². The fraction of sp³-hybridized carbons (Fsp3) is 0.240. The van der Waals surface area contributed by atoms with Gasteiger partial charge in [-0.3, -0.25) is 9.36 Å². The highest BCUT2D eigenvalue weighted by Crippen LogP contribution is 2.32. The van der Waals surface area contributed by atoms with Crippen molar-refractivity contribution in [2.45, 2.75) is 30.8 Å². The molecule has 4 rings (SSSR count). The molecule has 1 heterocycles. The zero-order valence-corrected chi connectivity index (χ0v) is 20.8. The standard InChI is InChI=1S/C25H26N2O5S2/c1-4-20(18-10-13-22(31-2)23(14-18)32-3)26-34(29,30)19-11-12-21-24(15-19)33-25(28)27(21)16-17-8-6-5-7-9-17/h5-15,20,26H,4,16H2,1-3H3/t20-/m1/s1. The topological polar surface area (TPSA) is 86.6 Å². The first-order chi connectivity index (χ1) is 16.4. The van der Waals surface area contributed by atoms with E-state index in [9.17, 15) is 13.2 Å². The molecule has 178 valence electrons. The number of thiazole rings is 1. The van der Waals surface area contributed by atoms with Gasteiger partial charge < -0.3 is 9.47 Å². The van der Waals surface area contributed by atoms with E-state index in [0.717, 1.165) is 22.5 Å². The summed E-state index contributed by atoms with van der Waals surface area (Å²) in [4.78, 5) is 12.6. The zero-order valence-electron chi connectivity index (χ0n) is 19.1. The summed E-state index contributed by atoms with van der Waals surface area (Å²) in [6.45, 7) is 2.34. The molecule has 7 nitrogen and oxygen atoms in total. The van der Waals surface area contributed by atoms with Crippen molar-refractivity contribution in [3.63, 3.8) is 0 Å². The summed E-state index contributed by atoms with van der Waals surface area (Å²) in [5.41, 5.74) is 2.48. The summed E-state index contributed by atoms with van der Waals surface area (Å²) < 4.78 is 42.2. The molecule has 0 unspecified atom stereocenters. The maximum absolute atomic E-state index is 13.2. The highest BCUT2D eigenvalue weighted by Gasteiger charge is 2.22. The third-order valence-corrected chi connectivity index (χ3v) is 8.06. The van der Waals surface area contributed by atoms with E-state index in [0.29, 0.717) is 34.7 Å². The Kier molecular flexibility index (Phi) is 7.06. The van der Waals surface area contributed by atoms with Crippen molar-refractivity contribution >= 4 is 31.6 Å². The van der Waals surface area contributed by atoms with Gasteiger partial charge in [0, 0.05) is 6.04 Å². The minimum atomic E-state index is -3.84. The van der Waals surface area contributed by atoms with Gasteiger partial charge in [-0.1, -0.05) is 54.7 Å². The number of nitrogens with one attached hydrogen (secondary N) is 1. The van der Waals surface area contributed by atoms with E-state index < -0.39 is 16.1 Å². The zero-order chi connectivity index (χ0) is 24.3. The number of sulfonamides is 1. The molecule has 4 aromatic rings. The molecule has 0 amide bonds. The molecule has 0 spiro atoms. The minimum absolute atomic E-state index is 0.118. The summed E-state index contributed by atoms with van der Waals surface area (Å²) in [5.74, 6) is 1.10. The van der Waals surface area contributed by atoms with Crippen LogP contribution in [0, 0.1) is 0 Å². The SMILES string of the molecule is CC[C@@H](NS(=O)(=O)c1ccc2c(c1)sc(=O)n2Cc1ccccc1)c1ccc(OC)c(OC)c1. The van der Waals surface area contributed by atoms with Crippen LogP contribution < -0.4 is 19.1 Å². The average molecular weight is 499 g/mol. The lowest BCUT2D eigenvalue weighted by Crippen LogP contribution is -2.28. The number of fused-ring (bicyclic) bond motifs is 1. The summed E-state index contributed by atoms with van der Waals surface area (Å²) in [5, 5.41) is 0. The van der Waals surface area contributed by atoms with Crippen LogP contribution in [0.2, 0.25) is 0 Å². The van der Waals surface area contributed by atoms with Crippen LogP contribution >= 0.6 is 11.3 Å². The number of aromatic nitrogens is 1. The number of hydrogen-bond acceptors (Lipinski definition) is 6. The van der Waals surface area contributed by atoms with E-state index >= 15 is 0 Å². The van der Waals surface area contributed by atoms with Crippen LogP contribution in [-0.4, -0.2) is 27.2 Å². The van der Waals surface area contributed by atoms with Gasteiger partial charge >= 0.3 is 4.87 Å². The Balaban J connectivity index is 1.63. The highest BCUT2D eigenvalue weighted by molar-refractivity contribution is 7.89. The lowest BCUT2D eigenvalue weighted by Gasteiger charge is -2.19. The molecular formula is C25H26N2O5S2. The van der Waals surface area contributed by atoms with Crippen LogP contribution in [0.4, 0.5) is 0 Å². The Morgan fingerprint density at radius 1 is 0.971 bits per heavy atom. The molecule has 0 aliphatic rings. The second kappa shape index (κ2) is 10.0. The van der Waals surface area contributed by atoms with Crippen molar-refractivity contribution in [2.24, 2.45) is 0 Å². The lowest BCUT2D eigenvalue weighted by atomic mass is 10.1. The van der Waals surface area contributed by atoms with Gasteiger partial charge in [-0.25, -0.2) is 13.1 Å². The van der Waals surface area contributed by atoms with Crippen molar-refractivity contribution in [2.75, 3.05) is 14.2 Å². The predicted octanol–water partition coefficient (Wildman–Crippen LogP) is 4.56. The third kappa shape index (κ3) is 4.86. The predicted molar refractivity (Wildman–Crippen MR) is 135 cm³/mol. The highest BCUT2D eigenvalue weighted by atomic mass is 32.2. The van der Waals surface area contributed by atoms with Gasteiger partial charge in [0.05, 0.1) is 35.9 Å². The number of benzene rings is 3. The Morgan fingerprint density at radius 3 is 2.38 bits per heavy atom. The van der Waals surface area contributed by atoms with Crippen LogP contribution in [0.15, 0.2) is 76.4 Å². The Morgan fingerprint density at radius 2 is 1.71 bits per heavy atom. The summed E-state index contributed by atoms with van der Waals surface area (Å²) >= 11 is 1.04. The molecular weight excluding hydrogens is 472 g/mol. The number of methoxy groups -OCH3 is 2. The van der Waals surface area contributed by atoms with E-state index in [2.05, 4.69) is 4.72 Å².